The molecule has 0 aliphatic rings. The first kappa shape index (κ1) is 93.7. The molecule has 2 aromatic carbocycles. The topological polar surface area (TPSA) is 212 Å². The number of carbonyl (C=O) groups is 5. The Morgan fingerprint density at radius 1 is 0.449 bits per heavy atom. The SMILES string of the molecule is C.C=C(C)C(=O)OCCCCC(O)CO.CCCCCCCCCCCCCCCCCCOC(=O)C(C)(CC(CC(C)(CC(C)(C)c1ccccc1)C(=O)OCCCCCCCCCCCC)c1ccccc1)CC(C)(SCCC(=O)OCCCC)C(=O)OCCCCC(O)CO. The highest BCUT2D eigenvalue weighted by Gasteiger charge is 2.50. The number of esters is 5. The van der Waals surface area contributed by atoms with Crippen LogP contribution in [0.25, 0.3) is 0 Å². The van der Waals surface area contributed by atoms with E-state index < -0.39 is 45.1 Å². The van der Waals surface area contributed by atoms with Crippen LogP contribution in [0.5, 0.6) is 0 Å². The van der Waals surface area contributed by atoms with Crippen LogP contribution in [-0.4, -0.2) is 119 Å². The van der Waals surface area contributed by atoms with Gasteiger partial charge in [-0.05, 0) is 134 Å². The summed E-state index contributed by atoms with van der Waals surface area (Å²) in [7, 11) is 0. The van der Waals surface area contributed by atoms with Gasteiger partial charge in [-0.2, -0.15) is 0 Å². The molecule has 0 fully saturated rings. The number of hydrogen-bond donors (Lipinski definition) is 4. The third-order valence-electron chi connectivity index (χ3n) is 18.7. The van der Waals surface area contributed by atoms with E-state index in [-0.39, 0.29) is 82.7 Å². The maximum absolute atomic E-state index is 15.3. The van der Waals surface area contributed by atoms with Crippen LogP contribution in [0.15, 0.2) is 72.8 Å². The average Bonchev–Trinajstić information content (AvgIpc) is 0.784. The number of carbonyl (C=O) groups excluding carboxylic acids is 5. The smallest absolute Gasteiger partial charge is 0.333 e. The molecule has 6 atom stereocenters. The van der Waals surface area contributed by atoms with Crippen LogP contribution < -0.4 is 0 Å². The molecular weight excluding hydrogens is 1250 g/mol. The minimum atomic E-state index is -1.30. The Balaban J connectivity index is 0.00000558. The number of benzene rings is 2. The second-order valence-corrected chi connectivity index (χ2v) is 30.7. The third kappa shape index (κ3) is 44.9. The van der Waals surface area contributed by atoms with Crippen molar-refractivity contribution in [3.63, 3.8) is 0 Å². The number of thioether (sulfide) groups is 1. The number of rotatable bonds is 61. The first-order valence-corrected chi connectivity index (χ1v) is 39.4. The molecule has 4 N–H and O–H groups in total. The first-order chi connectivity index (χ1) is 46.6. The van der Waals surface area contributed by atoms with Gasteiger partial charge >= 0.3 is 29.8 Å². The molecule has 0 heterocycles. The van der Waals surface area contributed by atoms with Gasteiger partial charge < -0.3 is 44.1 Å². The van der Waals surface area contributed by atoms with Crippen molar-refractivity contribution in [1.82, 2.24) is 0 Å². The van der Waals surface area contributed by atoms with E-state index >= 15 is 9.59 Å². The van der Waals surface area contributed by atoms with Gasteiger partial charge in [0.2, 0.25) is 0 Å². The standard InChI is InChI=1S/C72H122O10S.C10H18O4.CH4/c1-9-12-15-17-19-21-23-24-25-26-27-28-30-32-34-43-53-81-67(77)71(7,60-72(8,83-55-50-65(75)79-51-14-11-3)68(78)82-54-44-41-49-64(74)58-73)57-62(61-45-37-35-38-46-61)56-70(6,59-69(4,5)63-47-39-36-40-48-63)66(76)80-52-42-33-31-29-22-20-18-16-13-10-2;1-8(2)10(13)14-6-4-3-5-9(12)7-11;/h35-40,45-48,62,64,73-74H,9-34,41-44,49-60H2,1-8H3;9,11-12H,1,3-7H2,2H3;1H4. The van der Waals surface area contributed by atoms with Crippen molar-refractivity contribution >= 4 is 41.6 Å². The Kier molecular flexibility index (Phi) is 55.7. The minimum absolute atomic E-state index is 0. The maximum atomic E-state index is 15.3. The fourth-order valence-corrected chi connectivity index (χ4v) is 14.2. The van der Waals surface area contributed by atoms with Crippen LogP contribution in [0.4, 0.5) is 0 Å². The van der Waals surface area contributed by atoms with Gasteiger partial charge in [0.1, 0.15) is 4.75 Å². The van der Waals surface area contributed by atoms with E-state index in [0.29, 0.717) is 70.3 Å². The van der Waals surface area contributed by atoms with Crippen LogP contribution in [0.2, 0.25) is 0 Å². The molecule has 0 saturated carbocycles. The van der Waals surface area contributed by atoms with Gasteiger partial charge in [0.05, 0.1) is 75.7 Å². The summed E-state index contributed by atoms with van der Waals surface area (Å²) < 4.78 is 27.8. The lowest BCUT2D eigenvalue weighted by molar-refractivity contribution is -0.159. The molecule has 2 aromatic rings. The van der Waals surface area contributed by atoms with E-state index in [1.165, 1.54) is 134 Å². The number of aliphatic hydroxyl groups excluding tert-OH is 4. The van der Waals surface area contributed by atoms with Crippen molar-refractivity contribution in [3.05, 3.63) is 83.9 Å². The summed E-state index contributed by atoms with van der Waals surface area (Å²) in [4.78, 5) is 68.8. The summed E-state index contributed by atoms with van der Waals surface area (Å²) in [5, 5.41) is 36.8. The quantitative estimate of drug-likeness (QED) is 0.0210. The molecule has 0 aromatic heterocycles. The summed E-state index contributed by atoms with van der Waals surface area (Å²) in [6, 6.07) is 20.5. The zero-order valence-electron chi connectivity index (χ0n) is 62.7. The lowest BCUT2D eigenvalue weighted by atomic mass is 9.64. The summed E-state index contributed by atoms with van der Waals surface area (Å²) >= 11 is 1.30. The van der Waals surface area contributed by atoms with E-state index in [2.05, 4.69) is 58.5 Å². The lowest BCUT2D eigenvalue weighted by Crippen LogP contribution is -2.45. The Bertz CT molecular complexity index is 2310. The molecule has 14 nitrogen and oxygen atoms in total. The minimum Gasteiger partial charge on any atom is -0.466 e. The summed E-state index contributed by atoms with van der Waals surface area (Å²) in [5.74, 6) is -1.94. The fraction of sp³-hybridized carbons (Fsp3) is 0.771. The molecule has 0 bridgehead atoms. The Labute approximate surface area is 601 Å². The summed E-state index contributed by atoms with van der Waals surface area (Å²) in [6.07, 6.45) is 36.5. The van der Waals surface area contributed by atoms with Gasteiger partial charge in [0.25, 0.3) is 0 Å². The van der Waals surface area contributed by atoms with Crippen molar-refractivity contribution in [3.8, 4) is 0 Å². The van der Waals surface area contributed by atoms with Gasteiger partial charge in [-0.1, -0.05) is 270 Å². The van der Waals surface area contributed by atoms with E-state index in [4.69, 9.17) is 33.9 Å². The van der Waals surface area contributed by atoms with E-state index in [0.717, 1.165) is 75.3 Å². The number of hydrogen-bond acceptors (Lipinski definition) is 15. The summed E-state index contributed by atoms with van der Waals surface area (Å²) in [5.41, 5.74) is -0.186. The summed E-state index contributed by atoms with van der Waals surface area (Å²) in [6.45, 7) is 22.6. The Morgan fingerprint density at radius 2 is 0.796 bits per heavy atom. The van der Waals surface area contributed by atoms with Crippen LogP contribution in [0.3, 0.4) is 0 Å². The van der Waals surface area contributed by atoms with Crippen LogP contribution in [-0.2, 0) is 53.1 Å². The molecule has 2 rings (SSSR count). The fourth-order valence-electron chi connectivity index (χ4n) is 12.9. The molecular formula is C83H144O14S. The monoisotopic (exact) mass is 1400 g/mol. The van der Waals surface area contributed by atoms with Crippen molar-refractivity contribution in [2.45, 2.75) is 348 Å². The van der Waals surface area contributed by atoms with Crippen molar-refractivity contribution in [1.29, 1.82) is 0 Å². The van der Waals surface area contributed by atoms with Gasteiger partial charge in [-0.3, -0.25) is 19.2 Å². The Hall–Kier alpha value is -4.28. The van der Waals surface area contributed by atoms with E-state index in [1.807, 2.05) is 64.1 Å². The average molecular weight is 1400 g/mol. The molecule has 6 unspecified atom stereocenters. The highest BCUT2D eigenvalue weighted by atomic mass is 32.2. The second-order valence-electron chi connectivity index (χ2n) is 29.1. The number of ether oxygens (including phenoxy) is 5. The Morgan fingerprint density at radius 3 is 1.19 bits per heavy atom. The molecule has 98 heavy (non-hydrogen) atoms. The maximum Gasteiger partial charge on any atom is 0.333 e. The molecule has 0 aliphatic heterocycles. The van der Waals surface area contributed by atoms with Crippen LogP contribution >= 0.6 is 11.8 Å². The lowest BCUT2D eigenvalue weighted by Gasteiger charge is -2.41. The van der Waals surface area contributed by atoms with Gasteiger partial charge in [0.15, 0.2) is 0 Å². The number of aliphatic hydroxyl groups is 4. The largest absolute Gasteiger partial charge is 0.466 e. The highest BCUT2D eigenvalue weighted by molar-refractivity contribution is 8.01. The predicted octanol–water partition coefficient (Wildman–Crippen LogP) is 20.1. The molecule has 0 spiro atoms. The van der Waals surface area contributed by atoms with Gasteiger partial charge in [0, 0.05) is 11.3 Å². The van der Waals surface area contributed by atoms with E-state index in [1.54, 1.807) is 6.92 Å². The molecule has 0 amide bonds. The molecule has 0 aliphatic carbocycles. The molecule has 0 radical (unpaired) electrons. The molecule has 0 saturated heterocycles. The van der Waals surface area contributed by atoms with Gasteiger partial charge in [-0.15, -0.1) is 11.8 Å². The predicted molar refractivity (Wildman–Crippen MR) is 405 cm³/mol. The second kappa shape index (κ2) is 58.2. The van der Waals surface area contributed by atoms with Crippen molar-refractivity contribution < 1.29 is 68.1 Å². The zero-order valence-corrected chi connectivity index (χ0v) is 63.5. The zero-order chi connectivity index (χ0) is 71.9. The number of unbranched alkanes of at least 4 members (excludes halogenated alkanes) is 27. The first-order valence-electron chi connectivity index (χ1n) is 38.4. The van der Waals surface area contributed by atoms with Gasteiger partial charge in [-0.25, -0.2) is 4.79 Å². The van der Waals surface area contributed by atoms with Crippen molar-refractivity contribution in [2.24, 2.45) is 10.8 Å². The van der Waals surface area contributed by atoms with Crippen LogP contribution in [0.1, 0.15) is 337 Å². The molecule has 566 valence electrons. The van der Waals surface area contributed by atoms with Crippen LogP contribution in [0, 0.1) is 10.8 Å². The van der Waals surface area contributed by atoms with Crippen molar-refractivity contribution in [2.75, 3.05) is 52.0 Å². The highest BCUT2D eigenvalue weighted by Crippen LogP contribution is 2.50. The third-order valence-corrected chi connectivity index (χ3v) is 20.1. The molecule has 15 heteroatoms. The van der Waals surface area contributed by atoms with E-state index in [9.17, 15) is 24.6 Å². The normalized spacial score (nSPS) is 14.2.